The summed E-state index contributed by atoms with van der Waals surface area (Å²) in [4.78, 5) is 20.8. The molecule has 3 heterocycles. The average molecular weight is 498 g/mol. The fraction of sp³-hybridized carbons (Fsp3) is 0.360. The molecule has 2 aliphatic heterocycles. The largest absolute Gasteiger partial charge is 0.454 e. The number of fused-ring (bicyclic) bond motifs is 1. The van der Waals surface area contributed by atoms with Crippen LogP contribution in [0, 0.1) is 0 Å². The number of halogens is 1. The van der Waals surface area contributed by atoms with E-state index in [1.807, 2.05) is 42.5 Å². The van der Waals surface area contributed by atoms with Gasteiger partial charge in [0.05, 0.1) is 11.5 Å². The molecule has 1 aliphatic carbocycles. The van der Waals surface area contributed by atoms with Crippen LogP contribution < -0.4 is 14.8 Å². The Bertz CT molecular complexity index is 1240. The molecule has 1 saturated heterocycles. The van der Waals surface area contributed by atoms with Crippen molar-refractivity contribution < 1.29 is 19.4 Å². The van der Waals surface area contributed by atoms with Crippen LogP contribution >= 0.6 is 22.9 Å². The predicted molar refractivity (Wildman–Crippen MR) is 129 cm³/mol. The predicted octanol–water partition coefficient (Wildman–Crippen LogP) is 4.70. The van der Waals surface area contributed by atoms with Gasteiger partial charge in [-0.15, -0.1) is 0 Å². The molecule has 2 N–H and O–H groups in total. The fourth-order valence-electron chi connectivity index (χ4n) is 4.92. The molecule has 2 aromatic carbocycles. The summed E-state index contributed by atoms with van der Waals surface area (Å²) in [6.45, 7) is 0.974. The van der Waals surface area contributed by atoms with Crippen molar-refractivity contribution in [2.24, 2.45) is 0 Å². The molecule has 6 rings (SSSR count). The molecule has 0 radical (unpaired) electrons. The number of amides is 1. The summed E-state index contributed by atoms with van der Waals surface area (Å²) in [6.07, 6.45) is 4.43. The van der Waals surface area contributed by atoms with E-state index in [1.54, 1.807) is 6.20 Å². The van der Waals surface area contributed by atoms with Gasteiger partial charge in [-0.3, -0.25) is 9.69 Å². The number of benzene rings is 2. The second kappa shape index (κ2) is 8.53. The zero-order chi connectivity index (χ0) is 23.3. The molecule has 2 fully saturated rings. The quantitative estimate of drug-likeness (QED) is 0.513. The van der Waals surface area contributed by atoms with Gasteiger partial charge in [0.2, 0.25) is 12.7 Å². The summed E-state index contributed by atoms with van der Waals surface area (Å²) in [6, 6.07) is 13.2. The van der Waals surface area contributed by atoms with Crippen molar-refractivity contribution in [2.75, 3.05) is 18.7 Å². The lowest BCUT2D eigenvalue weighted by molar-refractivity contribution is -0.118. The highest BCUT2D eigenvalue weighted by atomic mass is 35.5. The van der Waals surface area contributed by atoms with Gasteiger partial charge in [-0.25, -0.2) is 4.98 Å². The number of hydrogen-bond donors (Lipinski definition) is 2. The maximum atomic E-state index is 13.3. The van der Waals surface area contributed by atoms with Crippen LogP contribution in [0.15, 0.2) is 48.7 Å². The Balaban J connectivity index is 1.26. The molecule has 3 aliphatic rings. The van der Waals surface area contributed by atoms with Crippen molar-refractivity contribution in [3.8, 4) is 11.5 Å². The number of aliphatic hydroxyl groups excluding tert-OH is 1. The first-order chi connectivity index (χ1) is 16.5. The third-order valence-electron chi connectivity index (χ3n) is 6.92. The number of nitrogens with zero attached hydrogens (tertiary/aromatic N) is 2. The van der Waals surface area contributed by atoms with E-state index in [9.17, 15) is 9.90 Å². The van der Waals surface area contributed by atoms with Crippen LogP contribution in [0.4, 0.5) is 5.13 Å². The van der Waals surface area contributed by atoms with Crippen LogP contribution in [0.2, 0.25) is 5.02 Å². The number of hydrogen-bond acceptors (Lipinski definition) is 7. The number of aromatic nitrogens is 1. The van der Waals surface area contributed by atoms with Gasteiger partial charge in [0, 0.05) is 22.6 Å². The first kappa shape index (κ1) is 21.9. The van der Waals surface area contributed by atoms with E-state index in [0.717, 1.165) is 48.2 Å². The lowest BCUT2D eigenvalue weighted by atomic mass is 9.94. The Morgan fingerprint density at radius 1 is 1.24 bits per heavy atom. The van der Waals surface area contributed by atoms with E-state index in [0.29, 0.717) is 21.7 Å². The van der Waals surface area contributed by atoms with Crippen molar-refractivity contribution in [1.29, 1.82) is 0 Å². The molecule has 0 spiro atoms. The normalized spacial score (nSPS) is 21.4. The molecule has 1 aromatic heterocycles. The lowest BCUT2D eigenvalue weighted by Gasteiger charge is -2.30. The molecule has 9 heteroatoms. The standard InChI is InChI=1S/C25H24ClN3O4S/c26-17-5-2-1-4-16(17)22(29-11-3-6-21(29)30)20-13-27-24(34-20)28-23(31)25(9-10-25)15-7-8-18-19(12-15)33-14-32-18/h1-2,4-5,7-8,12-13,21-22,30H,3,6,9-11,14H2,(H,27,28,31)/t21?,22-/m0/s1. The minimum atomic E-state index is -0.569. The van der Waals surface area contributed by atoms with Gasteiger partial charge in [0.15, 0.2) is 16.6 Å². The van der Waals surface area contributed by atoms with E-state index < -0.39 is 11.6 Å². The smallest absolute Gasteiger partial charge is 0.236 e. The number of ether oxygens (including phenoxy) is 2. The molecular weight excluding hydrogens is 474 g/mol. The van der Waals surface area contributed by atoms with Gasteiger partial charge in [-0.1, -0.05) is 47.2 Å². The van der Waals surface area contributed by atoms with E-state index in [4.69, 9.17) is 21.1 Å². The highest BCUT2D eigenvalue weighted by Gasteiger charge is 2.52. The maximum absolute atomic E-state index is 13.3. The number of anilines is 1. The zero-order valence-electron chi connectivity index (χ0n) is 18.4. The molecule has 2 atom stereocenters. The van der Waals surface area contributed by atoms with Crippen LogP contribution in [0.5, 0.6) is 11.5 Å². The summed E-state index contributed by atoms with van der Waals surface area (Å²) in [5.41, 5.74) is 1.28. The number of carbonyl (C=O) groups is 1. The topological polar surface area (TPSA) is 83.9 Å². The third kappa shape index (κ3) is 3.75. The van der Waals surface area contributed by atoms with Crippen molar-refractivity contribution in [3.05, 3.63) is 69.7 Å². The first-order valence-electron chi connectivity index (χ1n) is 11.4. The molecule has 3 aromatic rings. The van der Waals surface area contributed by atoms with Crippen molar-refractivity contribution in [2.45, 2.75) is 43.4 Å². The van der Waals surface area contributed by atoms with Crippen LogP contribution in [0.25, 0.3) is 0 Å². The van der Waals surface area contributed by atoms with Gasteiger partial charge in [0.25, 0.3) is 0 Å². The van der Waals surface area contributed by atoms with E-state index in [2.05, 4.69) is 15.2 Å². The fourth-order valence-corrected chi connectivity index (χ4v) is 6.11. The highest BCUT2D eigenvalue weighted by Crippen LogP contribution is 2.51. The molecule has 1 amide bonds. The minimum Gasteiger partial charge on any atom is -0.454 e. The molecule has 176 valence electrons. The Labute approximate surface area is 206 Å². The summed E-state index contributed by atoms with van der Waals surface area (Å²) in [5.74, 6) is 1.32. The number of likely N-dealkylation sites (tertiary alicyclic amines) is 1. The van der Waals surface area contributed by atoms with Crippen LogP contribution in [-0.2, 0) is 10.2 Å². The zero-order valence-corrected chi connectivity index (χ0v) is 19.9. The first-order valence-corrected chi connectivity index (χ1v) is 12.6. The van der Waals surface area contributed by atoms with Gasteiger partial charge in [0.1, 0.15) is 6.23 Å². The average Bonchev–Trinajstić information content (AvgIpc) is 3.12. The lowest BCUT2D eigenvalue weighted by Crippen LogP contribution is -2.33. The number of carbonyl (C=O) groups excluding carboxylic acids is 1. The van der Waals surface area contributed by atoms with E-state index in [-0.39, 0.29) is 18.7 Å². The highest BCUT2D eigenvalue weighted by molar-refractivity contribution is 7.15. The number of aliphatic hydroxyl groups is 1. The van der Waals surface area contributed by atoms with Crippen molar-refractivity contribution >= 4 is 34.0 Å². The molecule has 0 bridgehead atoms. The van der Waals surface area contributed by atoms with Crippen LogP contribution in [0.1, 0.15) is 47.7 Å². The summed E-state index contributed by atoms with van der Waals surface area (Å²) >= 11 is 7.97. The summed E-state index contributed by atoms with van der Waals surface area (Å²) in [5, 5.41) is 14.8. The summed E-state index contributed by atoms with van der Waals surface area (Å²) < 4.78 is 10.9. The van der Waals surface area contributed by atoms with Gasteiger partial charge in [-0.05, 0) is 55.0 Å². The third-order valence-corrected chi connectivity index (χ3v) is 8.23. The van der Waals surface area contributed by atoms with Gasteiger partial charge < -0.3 is 19.9 Å². The molecular formula is C25H24ClN3O4S. The molecule has 7 nitrogen and oxygen atoms in total. The molecule has 1 unspecified atom stereocenters. The number of rotatable bonds is 6. The molecule has 1 saturated carbocycles. The van der Waals surface area contributed by atoms with E-state index in [1.165, 1.54) is 11.3 Å². The summed E-state index contributed by atoms with van der Waals surface area (Å²) in [7, 11) is 0. The second-order valence-electron chi connectivity index (χ2n) is 8.96. The van der Waals surface area contributed by atoms with Crippen LogP contribution in [0.3, 0.4) is 0 Å². The Morgan fingerprint density at radius 3 is 2.82 bits per heavy atom. The second-order valence-corrected chi connectivity index (χ2v) is 10.4. The molecule has 34 heavy (non-hydrogen) atoms. The Kier molecular flexibility index (Phi) is 5.49. The van der Waals surface area contributed by atoms with Crippen molar-refractivity contribution in [3.63, 3.8) is 0 Å². The Morgan fingerprint density at radius 2 is 2.06 bits per heavy atom. The minimum absolute atomic E-state index is 0.0669. The monoisotopic (exact) mass is 497 g/mol. The SMILES string of the molecule is O=C(Nc1ncc([C@H](c2ccccc2Cl)N2CCCC2O)s1)C1(c2ccc3c(c2)OCO3)CC1. The number of nitrogens with one attached hydrogen (secondary N) is 1. The van der Waals surface area contributed by atoms with Crippen molar-refractivity contribution in [1.82, 2.24) is 9.88 Å². The van der Waals surface area contributed by atoms with Gasteiger partial charge in [-0.2, -0.15) is 0 Å². The number of thiazole rings is 1. The van der Waals surface area contributed by atoms with Gasteiger partial charge >= 0.3 is 0 Å². The maximum Gasteiger partial charge on any atom is 0.236 e. The van der Waals surface area contributed by atoms with E-state index >= 15 is 0 Å². The van der Waals surface area contributed by atoms with Crippen LogP contribution in [-0.4, -0.2) is 40.5 Å². The Hall–Kier alpha value is -2.65.